The van der Waals surface area contributed by atoms with Crippen LogP contribution in [0.2, 0.25) is 0 Å². The number of benzene rings is 1. The van der Waals surface area contributed by atoms with Gasteiger partial charge >= 0.3 is 18.0 Å². The number of likely N-dealkylation sites (N-methyl/N-ethyl adjacent to an activating group) is 1. The number of hydrogen-bond donors (Lipinski definition) is 0. The second-order valence-corrected chi connectivity index (χ2v) is 15.5. The molecule has 0 bridgehead atoms. The molecule has 1 aromatic carbocycles. The van der Waals surface area contributed by atoms with E-state index in [9.17, 15) is 24.0 Å². The van der Waals surface area contributed by atoms with Crippen molar-refractivity contribution in [1.82, 2.24) is 14.5 Å². The zero-order valence-corrected chi connectivity index (χ0v) is 33.8. The Morgan fingerprint density at radius 2 is 1.73 bits per heavy atom. The van der Waals surface area contributed by atoms with E-state index in [4.69, 9.17) is 28.4 Å². The van der Waals surface area contributed by atoms with Crippen LogP contribution >= 0.6 is 0 Å². The molecule has 0 amide bonds. The summed E-state index contributed by atoms with van der Waals surface area (Å²) in [7, 11) is 5.21. The molecule has 0 radical (unpaired) electrons. The van der Waals surface area contributed by atoms with Gasteiger partial charge in [0.05, 0.1) is 29.4 Å². The standard InChI is InChI=1S/C41H57N3O11/c1-12-31-40(7,55-39(49)44-19-18-42-23-44)21-24(2)32(45)25(3)22-41(8,50-11)35(27(5)33(46)28(6)36(47)52-31)54-38-34(30(43(9)10)20-26(4)51-38)53-37(48)29-16-14-13-15-17-29/h13-19,21,23,25-28,30-31,34-35,38H,12,20,22H2,1-11H3/t25-,26-,27+,28-,30+,31-,34-,35-,38?,40+,41+/m1/s1. The zero-order chi connectivity index (χ0) is 40.8. The van der Waals surface area contributed by atoms with Gasteiger partial charge in [0, 0.05) is 31.3 Å². The van der Waals surface area contributed by atoms with Gasteiger partial charge in [-0.15, -0.1) is 0 Å². The van der Waals surface area contributed by atoms with Crippen molar-refractivity contribution < 1.29 is 52.4 Å². The summed E-state index contributed by atoms with van der Waals surface area (Å²) in [6, 6.07) is 8.25. The van der Waals surface area contributed by atoms with Crippen molar-refractivity contribution in [2.45, 2.75) is 123 Å². The van der Waals surface area contributed by atoms with Crippen molar-refractivity contribution in [2.24, 2.45) is 17.8 Å². The molecule has 1 fully saturated rings. The van der Waals surface area contributed by atoms with E-state index >= 15 is 0 Å². The van der Waals surface area contributed by atoms with E-state index in [1.54, 1.807) is 71.9 Å². The first-order chi connectivity index (χ1) is 25.8. The van der Waals surface area contributed by atoms with Crippen LogP contribution in [0.3, 0.4) is 0 Å². The number of ether oxygens (including phenoxy) is 6. The maximum Gasteiger partial charge on any atom is 0.420 e. The molecule has 3 heterocycles. The predicted octanol–water partition coefficient (Wildman–Crippen LogP) is 5.43. The van der Waals surface area contributed by atoms with Crippen LogP contribution in [0.5, 0.6) is 0 Å². The zero-order valence-electron chi connectivity index (χ0n) is 33.8. The van der Waals surface area contributed by atoms with E-state index < -0.39 is 77.4 Å². The number of aromatic nitrogens is 2. The van der Waals surface area contributed by atoms with Crippen molar-refractivity contribution in [3.8, 4) is 0 Å². The molecule has 2 aliphatic rings. The molecule has 1 unspecified atom stereocenters. The highest BCUT2D eigenvalue weighted by molar-refractivity contribution is 6.00. The monoisotopic (exact) mass is 767 g/mol. The second kappa shape index (κ2) is 18.1. The van der Waals surface area contributed by atoms with Crippen molar-refractivity contribution in [3.05, 3.63) is 66.3 Å². The van der Waals surface area contributed by atoms with Gasteiger partial charge in [-0.25, -0.2) is 19.1 Å². The number of ketones is 2. The van der Waals surface area contributed by atoms with Gasteiger partial charge in [0.2, 0.25) is 0 Å². The van der Waals surface area contributed by atoms with Gasteiger partial charge in [0.25, 0.3) is 0 Å². The number of allylic oxidation sites excluding steroid dienone is 1. The molecule has 11 atom stereocenters. The van der Waals surface area contributed by atoms with Gasteiger partial charge in [-0.05, 0) is 91.8 Å². The summed E-state index contributed by atoms with van der Waals surface area (Å²) >= 11 is 0. The first-order valence-electron chi connectivity index (χ1n) is 18.8. The number of esters is 2. The summed E-state index contributed by atoms with van der Waals surface area (Å²) in [6.07, 6.45) is 0.963. The number of nitrogens with zero attached hydrogens (tertiary/aromatic N) is 3. The van der Waals surface area contributed by atoms with E-state index in [0.29, 0.717) is 12.0 Å². The Labute approximate surface area is 323 Å². The molecule has 2 aliphatic heterocycles. The van der Waals surface area contributed by atoms with Crippen LogP contribution in [0.15, 0.2) is 60.7 Å². The molecule has 0 N–H and O–H groups in total. The van der Waals surface area contributed by atoms with Crippen LogP contribution in [0.25, 0.3) is 0 Å². The molecule has 1 aromatic heterocycles. The molecule has 302 valence electrons. The summed E-state index contributed by atoms with van der Waals surface area (Å²) in [6.45, 7) is 13.4. The van der Waals surface area contributed by atoms with Crippen LogP contribution in [-0.2, 0) is 42.8 Å². The fourth-order valence-electron chi connectivity index (χ4n) is 7.68. The topological polar surface area (TPSA) is 162 Å². The third-order valence-electron chi connectivity index (χ3n) is 10.9. The molecule has 2 aromatic rings. The van der Waals surface area contributed by atoms with Gasteiger partial charge in [0.15, 0.2) is 29.6 Å². The lowest BCUT2D eigenvalue weighted by Gasteiger charge is -2.47. The van der Waals surface area contributed by atoms with E-state index in [2.05, 4.69) is 4.98 Å². The van der Waals surface area contributed by atoms with Gasteiger partial charge in [0.1, 0.15) is 18.3 Å². The Bertz CT molecular complexity index is 1700. The number of cyclic esters (lactones) is 1. The molecular weight excluding hydrogens is 710 g/mol. The molecule has 14 heteroatoms. The van der Waals surface area contributed by atoms with Crippen LogP contribution in [0.1, 0.15) is 85.0 Å². The van der Waals surface area contributed by atoms with E-state index in [-0.39, 0.29) is 36.3 Å². The molecular formula is C41H57N3O11. The molecule has 1 saturated heterocycles. The van der Waals surface area contributed by atoms with E-state index in [0.717, 1.165) is 4.57 Å². The van der Waals surface area contributed by atoms with Crippen molar-refractivity contribution in [3.63, 3.8) is 0 Å². The van der Waals surface area contributed by atoms with Gasteiger partial charge in [-0.1, -0.05) is 39.0 Å². The predicted molar refractivity (Wildman–Crippen MR) is 201 cm³/mol. The molecule has 55 heavy (non-hydrogen) atoms. The summed E-state index contributed by atoms with van der Waals surface area (Å²) in [5.41, 5.74) is -2.32. The van der Waals surface area contributed by atoms with Gasteiger partial charge in [-0.2, -0.15) is 0 Å². The fraction of sp³-hybridized carbons (Fsp3) is 0.610. The van der Waals surface area contributed by atoms with Crippen molar-refractivity contribution in [1.29, 1.82) is 0 Å². The van der Waals surface area contributed by atoms with Gasteiger partial charge < -0.3 is 33.3 Å². The minimum absolute atomic E-state index is 0.0746. The molecule has 0 aliphatic carbocycles. The average Bonchev–Trinajstić information content (AvgIpc) is 3.70. The normalized spacial score (nSPS) is 34.0. The number of methoxy groups -OCH3 is 1. The van der Waals surface area contributed by atoms with Crippen LogP contribution in [0.4, 0.5) is 4.79 Å². The average molecular weight is 768 g/mol. The highest BCUT2D eigenvalue weighted by Crippen LogP contribution is 2.38. The lowest BCUT2D eigenvalue weighted by molar-refractivity contribution is -0.294. The van der Waals surface area contributed by atoms with Crippen LogP contribution < -0.4 is 0 Å². The summed E-state index contributed by atoms with van der Waals surface area (Å²) in [5, 5.41) is 0. The lowest BCUT2D eigenvalue weighted by atomic mass is 9.77. The minimum Gasteiger partial charge on any atom is -0.457 e. The van der Waals surface area contributed by atoms with E-state index in [1.807, 2.05) is 25.9 Å². The number of imidazole rings is 1. The maximum atomic E-state index is 14.4. The number of rotatable bonds is 8. The molecule has 14 nitrogen and oxygen atoms in total. The third-order valence-corrected chi connectivity index (χ3v) is 10.9. The highest BCUT2D eigenvalue weighted by Gasteiger charge is 2.51. The van der Waals surface area contributed by atoms with E-state index in [1.165, 1.54) is 38.8 Å². The first-order valence-corrected chi connectivity index (χ1v) is 18.8. The fourth-order valence-corrected chi connectivity index (χ4v) is 7.68. The maximum absolute atomic E-state index is 14.4. The summed E-state index contributed by atoms with van der Waals surface area (Å²) in [4.78, 5) is 74.9. The first kappa shape index (κ1) is 43.5. The number of carbonyl (C=O) groups is 5. The van der Waals surface area contributed by atoms with Crippen LogP contribution in [0, 0.1) is 17.8 Å². The molecule has 0 saturated carbocycles. The molecule has 0 spiro atoms. The Morgan fingerprint density at radius 3 is 2.31 bits per heavy atom. The Hall–Kier alpha value is -4.24. The number of hydrogen-bond acceptors (Lipinski definition) is 13. The van der Waals surface area contributed by atoms with Crippen molar-refractivity contribution >= 4 is 29.6 Å². The Kier molecular flexibility index (Phi) is 14.3. The summed E-state index contributed by atoms with van der Waals surface area (Å²) < 4.78 is 38.5. The SMILES string of the molecule is CC[C@H]1OC(=O)[C@H](C)C(=O)[C@H](C)[C@@H](OC2O[C@H](C)C[C@H](N(C)C)[C@H]2OC(=O)c2ccccc2)[C@@](C)(OC)C[C@@H](C)C(=O)C(C)=C[C@]1(C)OC(=O)n1ccnc1. The Morgan fingerprint density at radius 1 is 1.05 bits per heavy atom. The third kappa shape index (κ3) is 9.96. The summed E-state index contributed by atoms with van der Waals surface area (Å²) in [5.74, 6) is -5.23. The smallest absolute Gasteiger partial charge is 0.420 e. The van der Waals surface area contributed by atoms with Crippen molar-refractivity contribution in [2.75, 3.05) is 21.2 Å². The minimum atomic E-state index is -1.61. The second-order valence-electron chi connectivity index (χ2n) is 15.5. The molecule has 4 rings (SSSR count). The van der Waals surface area contributed by atoms with Gasteiger partial charge in [-0.3, -0.25) is 14.4 Å². The number of carbonyl (C=O) groups excluding carboxylic acids is 5. The largest absolute Gasteiger partial charge is 0.457 e. The quantitative estimate of drug-likeness (QED) is 0.190. The highest BCUT2D eigenvalue weighted by atomic mass is 16.7. The number of Topliss-reactive ketones (excluding diaryl/α,β-unsaturated/α-hetero) is 2. The lowest BCUT2D eigenvalue weighted by Crippen LogP contribution is -2.60. The van der Waals surface area contributed by atoms with Crippen LogP contribution in [-0.4, -0.2) is 113 Å². The Balaban J connectivity index is 1.78.